The molecule has 0 fully saturated rings. The fourth-order valence-electron chi connectivity index (χ4n) is 4.89. The Balaban J connectivity index is 0.00000648. The summed E-state index contributed by atoms with van der Waals surface area (Å²) in [5.41, 5.74) is 6.12. The first kappa shape index (κ1) is 32.7. The van der Waals surface area contributed by atoms with Gasteiger partial charge in [0.05, 0.1) is 12.7 Å². The van der Waals surface area contributed by atoms with Gasteiger partial charge in [-0.25, -0.2) is 0 Å². The Kier molecular flexibility index (Phi) is 13.2. The van der Waals surface area contributed by atoms with E-state index in [4.69, 9.17) is 4.74 Å². The summed E-state index contributed by atoms with van der Waals surface area (Å²) < 4.78 is 5.93. The molecule has 0 aliphatic heterocycles. The summed E-state index contributed by atoms with van der Waals surface area (Å²) >= 11 is 0. The monoisotopic (exact) mass is 504 g/mol. The molecule has 1 N–H and O–H groups in total. The van der Waals surface area contributed by atoms with E-state index in [-0.39, 0.29) is 52.9 Å². The second-order valence-corrected chi connectivity index (χ2v) is 11.0. The summed E-state index contributed by atoms with van der Waals surface area (Å²) in [7, 11) is 0. The van der Waals surface area contributed by atoms with Gasteiger partial charge in [0, 0.05) is 11.4 Å². The summed E-state index contributed by atoms with van der Waals surface area (Å²) in [5, 5.41) is 21.0. The van der Waals surface area contributed by atoms with E-state index in [1.807, 2.05) is 0 Å². The van der Waals surface area contributed by atoms with Crippen molar-refractivity contribution in [2.24, 2.45) is 5.41 Å². The number of hydrogen-bond donors (Lipinski definition) is 1. The van der Waals surface area contributed by atoms with Crippen LogP contribution in [0.15, 0.2) is 36.4 Å². The molecule has 2 aromatic rings. The van der Waals surface area contributed by atoms with E-state index < -0.39 is 5.97 Å². The molecule has 4 nitrogen and oxygen atoms in total. The van der Waals surface area contributed by atoms with E-state index in [9.17, 15) is 15.0 Å². The number of aliphatic hydroxyl groups excluding tert-OH is 1. The van der Waals surface area contributed by atoms with Crippen molar-refractivity contribution in [2.75, 3.05) is 6.61 Å². The SMILES string of the molecule is CCC(CC)(c1ccc(CCC(O)C(C)(C)C)c(C)c1)c1ccc(OCCCCC(=O)[O-])c(C)c1.[Na+]. The summed E-state index contributed by atoms with van der Waals surface area (Å²) in [6.45, 7) is 15.5. The van der Waals surface area contributed by atoms with Crippen LogP contribution >= 0.6 is 0 Å². The molecule has 0 spiro atoms. The van der Waals surface area contributed by atoms with Gasteiger partial charge >= 0.3 is 29.6 Å². The molecular formula is C31H45NaO4. The second kappa shape index (κ2) is 14.6. The van der Waals surface area contributed by atoms with E-state index in [2.05, 4.69) is 84.9 Å². The number of rotatable bonds is 13. The minimum atomic E-state index is -1.01. The van der Waals surface area contributed by atoms with Gasteiger partial charge in [-0.3, -0.25) is 0 Å². The fourth-order valence-corrected chi connectivity index (χ4v) is 4.89. The third kappa shape index (κ3) is 8.62. The minimum Gasteiger partial charge on any atom is -0.550 e. The third-order valence-corrected chi connectivity index (χ3v) is 7.55. The zero-order valence-corrected chi connectivity index (χ0v) is 25.9. The van der Waals surface area contributed by atoms with E-state index >= 15 is 0 Å². The molecule has 0 radical (unpaired) electrons. The van der Waals surface area contributed by atoms with Gasteiger partial charge in [-0.1, -0.05) is 65.0 Å². The quantitative estimate of drug-likeness (QED) is 0.336. The maximum atomic E-state index is 10.6. The van der Waals surface area contributed by atoms with Crippen LogP contribution in [0.5, 0.6) is 5.75 Å². The van der Waals surface area contributed by atoms with Crippen LogP contribution in [0.2, 0.25) is 0 Å². The average molecular weight is 505 g/mol. The molecule has 2 rings (SSSR count). The topological polar surface area (TPSA) is 69.6 Å². The fraction of sp³-hybridized carbons (Fsp3) is 0.581. The first-order chi connectivity index (χ1) is 16.4. The number of carboxylic acids is 1. The number of ether oxygens (including phenoxy) is 1. The molecule has 194 valence electrons. The van der Waals surface area contributed by atoms with Crippen molar-refractivity contribution >= 4 is 5.97 Å². The number of carbonyl (C=O) groups is 1. The summed E-state index contributed by atoms with van der Waals surface area (Å²) in [6.07, 6.45) is 4.66. The zero-order valence-electron chi connectivity index (χ0n) is 23.9. The predicted molar refractivity (Wildman–Crippen MR) is 142 cm³/mol. The Labute approximate surface area is 241 Å². The number of aliphatic carboxylic acids is 1. The van der Waals surface area contributed by atoms with Gasteiger partial charge in [-0.15, -0.1) is 0 Å². The standard InChI is InChI=1S/C31H46O4.Na/c1-8-31(9-2,25-15-13-24(22(3)20-25)14-18-28(32)30(5,6)7)26-16-17-27(23(4)21-26)35-19-11-10-12-29(33)34;/h13,15-17,20-21,28,32H,8-12,14,18-19H2,1-7H3,(H,33,34);/q;+1/p-1. The number of carbonyl (C=O) groups excluding carboxylic acids is 1. The van der Waals surface area contributed by atoms with Crippen LogP contribution in [-0.2, 0) is 16.6 Å². The van der Waals surface area contributed by atoms with Gasteiger partial charge in [0.2, 0.25) is 0 Å². The molecule has 5 heteroatoms. The average Bonchev–Trinajstić information content (AvgIpc) is 2.79. The Morgan fingerprint density at radius 2 is 1.56 bits per heavy atom. The van der Waals surface area contributed by atoms with Crippen LogP contribution in [0.25, 0.3) is 0 Å². The minimum absolute atomic E-state index is 0. The molecule has 0 aromatic heterocycles. The van der Waals surface area contributed by atoms with Crippen LogP contribution in [0.3, 0.4) is 0 Å². The molecule has 1 atom stereocenters. The maximum Gasteiger partial charge on any atom is 1.00 e. The van der Waals surface area contributed by atoms with Crippen molar-refractivity contribution in [3.8, 4) is 5.75 Å². The van der Waals surface area contributed by atoms with Crippen molar-refractivity contribution in [3.05, 3.63) is 64.2 Å². The smallest absolute Gasteiger partial charge is 0.550 e. The zero-order chi connectivity index (χ0) is 26.2. The molecular weight excluding hydrogens is 459 g/mol. The molecule has 36 heavy (non-hydrogen) atoms. The molecule has 0 amide bonds. The van der Waals surface area contributed by atoms with Crippen molar-refractivity contribution in [3.63, 3.8) is 0 Å². The van der Waals surface area contributed by atoms with Gasteiger partial charge in [-0.05, 0) is 98.1 Å². The largest absolute Gasteiger partial charge is 1.00 e. The van der Waals surface area contributed by atoms with Gasteiger partial charge in [0.15, 0.2) is 0 Å². The van der Waals surface area contributed by atoms with E-state index in [1.165, 1.54) is 22.3 Å². The van der Waals surface area contributed by atoms with Crippen molar-refractivity contribution in [2.45, 2.75) is 105 Å². The molecule has 0 aliphatic carbocycles. The molecule has 0 saturated heterocycles. The van der Waals surface area contributed by atoms with Gasteiger partial charge in [0.1, 0.15) is 5.75 Å². The van der Waals surface area contributed by atoms with Crippen LogP contribution in [0.4, 0.5) is 0 Å². The Hall–Kier alpha value is -1.33. The number of aliphatic hydroxyl groups is 1. The van der Waals surface area contributed by atoms with Gasteiger partial charge < -0.3 is 19.7 Å². The first-order valence-corrected chi connectivity index (χ1v) is 13.2. The molecule has 0 saturated carbocycles. The van der Waals surface area contributed by atoms with Crippen LogP contribution in [0.1, 0.15) is 101 Å². The van der Waals surface area contributed by atoms with Crippen LogP contribution in [-0.4, -0.2) is 23.8 Å². The van der Waals surface area contributed by atoms with Crippen molar-refractivity contribution in [1.29, 1.82) is 0 Å². The number of aryl methyl sites for hydroxylation is 3. The summed E-state index contributed by atoms with van der Waals surface area (Å²) in [4.78, 5) is 10.6. The first-order valence-electron chi connectivity index (χ1n) is 13.2. The second-order valence-electron chi connectivity index (χ2n) is 11.0. The molecule has 0 bridgehead atoms. The van der Waals surface area contributed by atoms with Crippen molar-refractivity contribution in [1.82, 2.24) is 0 Å². The Bertz CT molecular complexity index is 973. The maximum absolute atomic E-state index is 10.6. The normalized spacial score (nSPS) is 12.7. The van der Waals surface area contributed by atoms with Gasteiger partial charge in [-0.2, -0.15) is 0 Å². The molecule has 0 heterocycles. The summed E-state index contributed by atoms with van der Waals surface area (Å²) in [5.74, 6) is -0.154. The number of hydrogen-bond acceptors (Lipinski definition) is 4. The molecule has 0 aliphatic rings. The van der Waals surface area contributed by atoms with E-state index in [0.29, 0.717) is 19.4 Å². The third-order valence-electron chi connectivity index (χ3n) is 7.55. The molecule has 2 aromatic carbocycles. The molecule has 1 unspecified atom stereocenters. The Morgan fingerprint density at radius 3 is 2.06 bits per heavy atom. The summed E-state index contributed by atoms with van der Waals surface area (Å²) in [6, 6.07) is 13.3. The van der Waals surface area contributed by atoms with Crippen LogP contribution < -0.4 is 39.4 Å². The number of unbranched alkanes of at least 4 members (excludes halogenated alkanes) is 1. The Morgan fingerprint density at radius 1 is 0.972 bits per heavy atom. The number of carboxylic acid groups (broad SMARTS) is 1. The van der Waals surface area contributed by atoms with E-state index in [0.717, 1.165) is 37.0 Å². The number of benzene rings is 2. The van der Waals surface area contributed by atoms with Crippen molar-refractivity contribution < 1.29 is 49.3 Å². The van der Waals surface area contributed by atoms with E-state index in [1.54, 1.807) is 0 Å². The van der Waals surface area contributed by atoms with Crippen LogP contribution in [0, 0.1) is 19.3 Å². The van der Waals surface area contributed by atoms with Gasteiger partial charge in [0.25, 0.3) is 0 Å². The predicted octanol–water partition coefficient (Wildman–Crippen LogP) is 3.05.